The molecular weight excluding hydrogens is 458 g/mol. The van der Waals surface area contributed by atoms with Crippen LogP contribution in [-0.4, -0.2) is 4.57 Å². The third-order valence-electron chi connectivity index (χ3n) is 8.54. The number of aromatic nitrogens is 1. The summed E-state index contributed by atoms with van der Waals surface area (Å²) in [6.45, 7) is 0. The van der Waals surface area contributed by atoms with E-state index in [4.69, 9.17) is 0 Å². The van der Waals surface area contributed by atoms with Gasteiger partial charge in [-0.2, -0.15) is 0 Å². The van der Waals surface area contributed by atoms with Crippen molar-refractivity contribution in [1.82, 2.24) is 4.57 Å². The first-order valence-corrected chi connectivity index (χ1v) is 13.5. The van der Waals surface area contributed by atoms with Gasteiger partial charge in [-0.1, -0.05) is 121 Å². The summed E-state index contributed by atoms with van der Waals surface area (Å²) in [6, 6.07) is 47.1. The summed E-state index contributed by atoms with van der Waals surface area (Å²) < 4.78 is 2.50. The maximum absolute atomic E-state index is 2.50. The van der Waals surface area contributed by atoms with E-state index in [9.17, 15) is 0 Å². The van der Waals surface area contributed by atoms with Crippen LogP contribution in [0, 0.1) is 0 Å². The number of nitrogens with zero attached hydrogens (tertiary/aromatic N) is 1. The lowest BCUT2D eigenvalue weighted by Gasteiger charge is -2.34. The molecule has 180 valence electrons. The van der Waals surface area contributed by atoms with Gasteiger partial charge in [0.15, 0.2) is 0 Å². The number of allylic oxidation sites excluding steroid dienone is 1. The van der Waals surface area contributed by atoms with Gasteiger partial charge in [0.2, 0.25) is 0 Å². The van der Waals surface area contributed by atoms with Gasteiger partial charge in [-0.15, -0.1) is 0 Å². The summed E-state index contributed by atoms with van der Waals surface area (Å²) in [5.74, 6) is 0. The highest BCUT2D eigenvalue weighted by Gasteiger charge is 2.45. The van der Waals surface area contributed by atoms with E-state index in [1.54, 1.807) is 0 Å². The van der Waals surface area contributed by atoms with Gasteiger partial charge in [-0.3, -0.25) is 0 Å². The molecule has 6 aromatic rings. The summed E-state index contributed by atoms with van der Waals surface area (Å²) in [6.07, 6.45) is 6.76. The molecule has 0 spiro atoms. The smallest absolute Gasteiger partial charge is 0.0714 e. The van der Waals surface area contributed by atoms with Gasteiger partial charge in [-0.25, -0.2) is 0 Å². The van der Waals surface area contributed by atoms with Gasteiger partial charge in [0.05, 0.1) is 10.9 Å². The van der Waals surface area contributed by atoms with E-state index in [1.165, 1.54) is 61.2 Å². The number of hydrogen-bond donors (Lipinski definition) is 0. The van der Waals surface area contributed by atoms with E-state index in [-0.39, 0.29) is 5.41 Å². The van der Waals surface area contributed by atoms with Crippen molar-refractivity contribution < 1.29 is 0 Å². The van der Waals surface area contributed by atoms with Crippen LogP contribution in [0.5, 0.6) is 0 Å². The minimum Gasteiger partial charge on any atom is -0.313 e. The Kier molecular flexibility index (Phi) is 4.63. The fourth-order valence-electron chi connectivity index (χ4n) is 7.06. The van der Waals surface area contributed by atoms with Crippen molar-refractivity contribution in [3.05, 3.63) is 167 Å². The zero-order valence-corrected chi connectivity index (χ0v) is 21.1. The predicted octanol–water partition coefficient (Wildman–Crippen LogP) is 8.95. The fraction of sp³-hybridized carbons (Fsp3) is 0.0811. The molecule has 8 rings (SSSR count). The Morgan fingerprint density at radius 3 is 2.03 bits per heavy atom. The van der Waals surface area contributed by atoms with Crippen LogP contribution in [0.15, 0.2) is 133 Å². The van der Waals surface area contributed by atoms with Crippen molar-refractivity contribution in [1.29, 1.82) is 0 Å². The van der Waals surface area contributed by atoms with E-state index in [1.807, 2.05) is 0 Å². The summed E-state index contributed by atoms with van der Waals surface area (Å²) in [7, 11) is 0. The Hall–Kier alpha value is -4.62. The molecule has 0 aliphatic heterocycles. The fourth-order valence-corrected chi connectivity index (χ4v) is 7.06. The Labute approximate surface area is 223 Å². The monoisotopic (exact) mass is 485 g/mol. The van der Waals surface area contributed by atoms with Crippen LogP contribution in [0.3, 0.4) is 0 Å². The molecule has 1 heterocycles. The molecular formula is C37H27N. The van der Waals surface area contributed by atoms with Crippen molar-refractivity contribution in [3.63, 3.8) is 0 Å². The Bertz CT molecular complexity index is 1820. The van der Waals surface area contributed by atoms with Crippen LogP contribution >= 0.6 is 0 Å². The average molecular weight is 486 g/mol. The molecule has 1 aromatic heterocycles. The lowest BCUT2D eigenvalue weighted by atomic mass is 9.67. The minimum absolute atomic E-state index is 0.382. The van der Waals surface area contributed by atoms with Gasteiger partial charge in [0.25, 0.3) is 0 Å². The first kappa shape index (κ1) is 21.5. The van der Waals surface area contributed by atoms with Gasteiger partial charge in [-0.05, 0) is 64.4 Å². The van der Waals surface area contributed by atoms with Crippen LogP contribution in [0.4, 0.5) is 0 Å². The van der Waals surface area contributed by atoms with Crippen molar-refractivity contribution in [2.24, 2.45) is 0 Å². The lowest BCUT2D eigenvalue weighted by Crippen LogP contribution is -2.28. The van der Waals surface area contributed by atoms with Gasteiger partial charge in [0.1, 0.15) is 0 Å². The largest absolute Gasteiger partial charge is 0.313 e. The second kappa shape index (κ2) is 8.19. The highest BCUT2D eigenvalue weighted by atomic mass is 15.0. The van der Waals surface area contributed by atoms with E-state index in [2.05, 4.69) is 144 Å². The Balaban J connectivity index is 1.46. The second-order valence-corrected chi connectivity index (χ2v) is 10.4. The van der Waals surface area contributed by atoms with Crippen LogP contribution < -0.4 is 0 Å². The molecule has 1 heteroatoms. The topological polar surface area (TPSA) is 4.93 Å². The third kappa shape index (κ3) is 2.82. The van der Waals surface area contributed by atoms with Crippen molar-refractivity contribution in [2.75, 3.05) is 0 Å². The van der Waals surface area contributed by atoms with Crippen LogP contribution in [0.2, 0.25) is 0 Å². The van der Waals surface area contributed by atoms with Crippen molar-refractivity contribution in [3.8, 4) is 16.8 Å². The second-order valence-electron chi connectivity index (χ2n) is 10.4. The number of fused-ring (bicyclic) bond motifs is 6. The maximum Gasteiger partial charge on any atom is 0.0714 e. The molecule has 0 fully saturated rings. The lowest BCUT2D eigenvalue weighted by molar-refractivity contribution is 0.766. The van der Waals surface area contributed by atoms with Crippen molar-refractivity contribution in [2.45, 2.75) is 18.3 Å². The molecule has 0 N–H and O–H groups in total. The Morgan fingerprint density at radius 1 is 0.579 bits per heavy atom. The molecule has 0 unspecified atom stereocenters. The summed E-state index contributed by atoms with van der Waals surface area (Å²) in [4.78, 5) is 0. The van der Waals surface area contributed by atoms with E-state index >= 15 is 0 Å². The normalized spacial score (nSPS) is 14.7. The summed E-state index contributed by atoms with van der Waals surface area (Å²) >= 11 is 0. The average Bonchev–Trinajstić information content (AvgIpc) is 3.49. The van der Waals surface area contributed by atoms with E-state index < -0.39 is 0 Å². The molecule has 5 aromatic carbocycles. The molecule has 0 saturated heterocycles. The quantitative estimate of drug-likeness (QED) is 0.235. The van der Waals surface area contributed by atoms with E-state index in [0.29, 0.717) is 0 Å². The maximum atomic E-state index is 2.50. The molecule has 1 nitrogen and oxygen atoms in total. The number of benzene rings is 5. The zero-order valence-electron chi connectivity index (χ0n) is 21.1. The van der Waals surface area contributed by atoms with E-state index in [0.717, 1.165) is 12.8 Å². The SMILES string of the molecule is C1=Cc2c(n(-c3cccc(C4(c5ccccc5)c5ccccc5-c5ccccc54)c3)c3ccccc23)CC1. The molecule has 38 heavy (non-hydrogen) atoms. The molecule has 0 atom stereocenters. The highest BCUT2D eigenvalue weighted by molar-refractivity contribution is 5.93. The summed E-state index contributed by atoms with van der Waals surface area (Å²) in [5, 5.41) is 1.33. The van der Waals surface area contributed by atoms with Crippen molar-refractivity contribution >= 4 is 17.0 Å². The standard InChI is InChI=1S/C37H27N/c1-2-13-26(14-3-1)37(33-21-8-4-17-29(33)30-18-5-9-22-34(30)37)27-15-12-16-28(25-27)38-35-23-10-6-19-31(35)32-20-7-11-24-36(32)38/h1-10,12-23,25H,11,24H2. The van der Waals surface area contributed by atoms with Gasteiger partial charge >= 0.3 is 0 Å². The molecule has 2 aliphatic rings. The molecule has 0 saturated carbocycles. The minimum atomic E-state index is -0.382. The third-order valence-corrected chi connectivity index (χ3v) is 8.54. The zero-order chi connectivity index (χ0) is 25.1. The first-order chi connectivity index (χ1) is 18.9. The molecule has 0 amide bonds. The highest BCUT2D eigenvalue weighted by Crippen LogP contribution is 2.56. The first-order valence-electron chi connectivity index (χ1n) is 13.5. The molecule has 0 bridgehead atoms. The van der Waals surface area contributed by atoms with Crippen LogP contribution in [0.25, 0.3) is 33.8 Å². The van der Waals surface area contributed by atoms with Gasteiger partial charge in [0, 0.05) is 22.3 Å². The molecule has 2 aliphatic carbocycles. The Morgan fingerprint density at radius 2 is 1.24 bits per heavy atom. The predicted molar refractivity (Wildman–Crippen MR) is 158 cm³/mol. The van der Waals surface area contributed by atoms with Gasteiger partial charge < -0.3 is 4.57 Å². The number of hydrogen-bond acceptors (Lipinski definition) is 0. The van der Waals surface area contributed by atoms with Crippen LogP contribution in [-0.2, 0) is 11.8 Å². The summed E-state index contributed by atoms with van der Waals surface area (Å²) in [5.41, 5.74) is 12.9. The van der Waals surface area contributed by atoms with Crippen LogP contribution in [0.1, 0.15) is 39.9 Å². The number of rotatable bonds is 3. The number of para-hydroxylation sites is 1. The molecule has 0 radical (unpaired) electrons.